The topological polar surface area (TPSA) is 185 Å². The first-order valence-electron chi connectivity index (χ1n) is 13.2. The van der Waals surface area contributed by atoms with Crippen molar-refractivity contribution >= 4 is 64.6 Å². The van der Waals surface area contributed by atoms with Gasteiger partial charge in [-0.3, -0.25) is 24.6 Å². The Morgan fingerprint density at radius 2 is 1.80 bits per heavy atom. The number of nitrogens with one attached hydrogen (secondary N) is 4. The van der Waals surface area contributed by atoms with Crippen molar-refractivity contribution in [1.29, 1.82) is 0 Å². The van der Waals surface area contributed by atoms with E-state index in [4.69, 9.17) is 39.5 Å². The Hall–Kier alpha value is -3.51. The third-order valence-corrected chi connectivity index (χ3v) is 8.10. The molecule has 0 aromatic heterocycles. The minimum absolute atomic E-state index is 0.0196. The second-order valence-electron chi connectivity index (χ2n) is 10.6. The molecule has 3 saturated heterocycles. The zero-order valence-corrected chi connectivity index (χ0v) is 25.1. The minimum Gasteiger partial charge on any atom is -0.445 e. The molecule has 1 aromatic rings. The van der Waals surface area contributed by atoms with Crippen LogP contribution in [0.2, 0.25) is 0 Å². The summed E-state index contributed by atoms with van der Waals surface area (Å²) in [7, 11) is 0. The molecule has 45 heavy (non-hydrogen) atoms. The number of imide groups is 1. The summed E-state index contributed by atoms with van der Waals surface area (Å²) in [5, 5.41) is 33.7. The van der Waals surface area contributed by atoms with Crippen LogP contribution in [0.25, 0.3) is 0 Å². The fourth-order valence-electron chi connectivity index (χ4n) is 5.88. The Morgan fingerprint density at radius 3 is 2.42 bits per heavy atom. The zero-order chi connectivity index (χ0) is 33.1. The van der Waals surface area contributed by atoms with E-state index < -0.39 is 93.6 Å². The molecule has 0 bridgehead atoms. The van der Waals surface area contributed by atoms with Gasteiger partial charge in [0.1, 0.15) is 12.6 Å². The first kappa shape index (κ1) is 32.9. The number of hydrogen-bond acceptors (Lipinski definition) is 11. The number of hydrogen-bond donors (Lipinski definition) is 6. The second kappa shape index (κ2) is 11.4. The van der Waals surface area contributed by atoms with Gasteiger partial charge in [-0.15, -0.1) is 0 Å². The molecule has 6 N–H and O–H groups in total. The van der Waals surface area contributed by atoms with E-state index in [0.717, 1.165) is 21.9 Å². The number of rotatable bonds is 5. The van der Waals surface area contributed by atoms with Crippen LogP contribution in [-0.4, -0.2) is 103 Å². The molecule has 20 heteroatoms. The summed E-state index contributed by atoms with van der Waals surface area (Å²) in [5.74, 6) is -5.70. The van der Waals surface area contributed by atoms with E-state index in [1.807, 2.05) is 0 Å². The first-order chi connectivity index (χ1) is 20.8. The molecular formula is C25H25Cl3F3N7O7. The standard InChI is InChI=1S/C25H25Cl3F3N7O7/c1-11-32-18-14(8-37-16(39)6-7-17(37)40)33-20(35-21(42)45-10-22(26,27)28)38-9-15(24(43,44)23(18,38)36-11)34-19(41)12-4-2-3-5-13(12)25(29,30)31/h2-5,14-15,18,32,36,43-44H,1,6-10H2,(H,34,41)(H,33,35,42)/t14-,15?,18-,23-/m0/s1. The Labute approximate surface area is 267 Å². The SMILES string of the molecule is C=C1N[C@H]2[C@H](CN3C(=O)CCC3=O)N=C(NC(=O)OCC(Cl)(Cl)Cl)N3CC(NC(=O)c4ccccc4C(F)(F)F)C(O)(O)[C@]23N1. The average molecular weight is 699 g/mol. The van der Waals surface area contributed by atoms with E-state index >= 15 is 0 Å². The molecule has 0 saturated carbocycles. The number of halogens is 6. The number of alkyl carbamates (subject to hydrolysis) is 1. The van der Waals surface area contributed by atoms with Gasteiger partial charge in [-0.05, 0) is 12.1 Å². The normalized spacial score (nSPS) is 27.3. The minimum atomic E-state index is -4.90. The van der Waals surface area contributed by atoms with E-state index in [1.54, 1.807) is 0 Å². The molecule has 0 aliphatic carbocycles. The van der Waals surface area contributed by atoms with Crippen molar-refractivity contribution in [2.75, 3.05) is 19.7 Å². The predicted octanol–water partition coefficient (Wildman–Crippen LogP) is 0.513. The molecule has 4 atom stereocenters. The molecule has 244 valence electrons. The van der Waals surface area contributed by atoms with E-state index in [-0.39, 0.29) is 25.2 Å². The van der Waals surface area contributed by atoms with Crippen molar-refractivity contribution in [3.05, 3.63) is 47.8 Å². The van der Waals surface area contributed by atoms with Crippen molar-refractivity contribution in [2.45, 2.75) is 52.4 Å². The molecule has 4 amide bonds. The van der Waals surface area contributed by atoms with E-state index in [2.05, 4.69) is 32.8 Å². The monoisotopic (exact) mass is 697 g/mol. The quantitative estimate of drug-likeness (QED) is 0.144. The summed E-state index contributed by atoms with van der Waals surface area (Å²) in [4.78, 5) is 57.3. The number of likely N-dealkylation sites (tertiary alicyclic amines) is 1. The highest BCUT2D eigenvalue weighted by molar-refractivity contribution is 6.67. The summed E-state index contributed by atoms with van der Waals surface area (Å²) < 4.78 is 43.9. The van der Waals surface area contributed by atoms with Gasteiger partial charge in [0, 0.05) is 19.4 Å². The van der Waals surface area contributed by atoms with Crippen molar-refractivity contribution in [2.24, 2.45) is 4.99 Å². The number of ether oxygens (including phenoxy) is 1. The number of benzene rings is 1. The van der Waals surface area contributed by atoms with Crippen molar-refractivity contribution in [3.8, 4) is 0 Å². The highest BCUT2D eigenvalue weighted by atomic mass is 35.6. The van der Waals surface area contributed by atoms with Crippen LogP contribution in [0.15, 0.2) is 41.7 Å². The molecule has 1 aromatic carbocycles. The first-order valence-corrected chi connectivity index (χ1v) is 14.3. The van der Waals surface area contributed by atoms with Crippen LogP contribution in [0.5, 0.6) is 0 Å². The largest absolute Gasteiger partial charge is 0.445 e. The summed E-state index contributed by atoms with van der Waals surface area (Å²) >= 11 is 16.9. The number of carbonyl (C=O) groups is 4. The van der Waals surface area contributed by atoms with Crippen LogP contribution in [0.1, 0.15) is 28.8 Å². The Kier molecular flexibility index (Phi) is 8.31. The molecule has 14 nitrogen and oxygen atoms in total. The van der Waals surface area contributed by atoms with Gasteiger partial charge >= 0.3 is 12.3 Å². The fourth-order valence-corrected chi connectivity index (χ4v) is 6.05. The number of aliphatic hydroxyl groups is 2. The number of alkyl halides is 6. The number of carbonyl (C=O) groups excluding carboxylic acids is 4. The van der Waals surface area contributed by atoms with Gasteiger partial charge in [0.15, 0.2) is 5.66 Å². The highest BCUT2D eigenvalue weighted by Crippen LogP contribution is 2.45. The third-order valence-electron chi connectivity index (χ3n) is 7.78. The lowest BCUT2D eigenvalue weighted by Crippen LogP contribution is -2.78. The maximum absolute atomic E-state index is 13.6. The summed E-state index contributed by atoms with van der Waals surface area (Å²) in [5.41, 5.74) is -4.18. The van der Waals surface area contributed by atoms with Gasteiger partial charge < -0.3 is 35.8 Å². The van der Waals surface area contributed by atoms with Crippen LogP contribution >= 0.6 is 34.8 Å². The average Bonchev–Trinajstić information content (AvgIpc) is 3.53. The molecule has 1 spiro atoms. The van der Waals surface area contributed by atoms with Crippen LogP contribution in [0.3, 0.4) is 0 Å². The van der Waals surface area contributed by atoms with Gasteiger partial charge in [0.05, 0.1) is 35.6 Å². The van der Waals surface area contributed by atoms with E-state index in [9.17, 15) is 42.6 Å². The Bertz CT molecular complexity index is 1470. The van der Waals surface area contributed by atoms with Crippen LogP contribution in [-0.2, 0) is 20.5 Å². The van der Waals surface area contributed by atoms with Gasteiger partial charge in [0.25, 0.3) is 5.91 Å². The lowest BCUT2D eigenvalue weighted by Gasteiger charge is -2.49. The smallest absolute Gasteiger partial charge is 0.417 e. The molecule has 4 aliphatic heterocycles. The lowest BCUT2D eigenvalue weighted by molar-refractivity contribution is -0.231. The number of guanidine groups is 1. The molecular weight excluding hydrogens is 674 g/mol. The van der Waals surface area contributed by atoms with Crippen molar-refractivity contribution in [1.82, 2.24) is 31.1 Å². The predicted molar refractivity (Wildman–Crippen MR) is 150 cm³/mol. The summed E-state index contributed by atoms with van der Waals surface area (Å²) in [6, 6.07) is -0.195. The fraction of sp³-hybridized carbons (Fsp3) is 0.480. The van der Waals surface area contributed by atoms with Crippen LogP contribution in [0.4, 0.5) is 18.0 Å². The zero-order valence-electron chi connectivity index (χ0n) is 22.8. The molecule has 3 fully saturated rings. The number of amides is 4. The third kappa shape index (κ3) is 5.94. The van der Waals surface area contributed by atoms with Crippen molar-refractivity contribution in [3.63, 3.8) is 0 Å². The summed E-state index contributed by atoms with van der Waals surface area (Å²) in [6.45, 7) is 2.14. The number of aliphatic imine (C=N–C) groups is 1. The second-order valence-corrected chi connectivity index (χ2v) is 13.1. The molecule has 5 rings (SSSR count). The Balaban J connectivity index is 1.52. The van der Waals surface area contributed by atoms with Crippen molar-refractivity contribution < 1.29 is 47.3 Å². The maximum atomic E-state index is 13.6. The van der Waals surface area contributed by atoms with Gasteiger partial charge in [-0.2, -0.15) is 13.2 Å². The molecule has 0 radical (unpaired) electrons. The van der Waals surface area contributed by atoms with E-state index in [1.165, 1.54) is 6.07 Å². The van der Waals surface area contributed by atoms with Crippen LogP contribution < -0.4 is 21.3 Å². The van der Waals surface area contributed by atoms with Crippen LogP contribution in [0, 0.1) is 0 Å². The Morgan fingerprint density at radius 1 is 1.16 bits per heavy atom. The van der Waals surface area contributed by atoms with Gasteiger partial charge in [-0.1, -0.05) is 53.5 Å². The molecule has 1 unspecified atom stereocenters. The highest BCUT2D eigenvalue weighted by Gasteiger charge is 2.74. The number of nitrogens with zero attached hydrogens (tertiary/aromatic N) is 3. The lowest BCUT2D eigenvalue weighted by atomic mass is 9.85. The maximum Gasteiger partial charge on any atom is 0.417 e. The van der Waals surface area contributed by atoms with Gasteiger partial charge in [-0.25, -0.2) is 9.79 Å². The molecule has 4 aliphatic rings. The van der Waals surface area contributed by atoms with Gasteiger partial charge in [0.2, 0.25) is 27.4 Å². The molecule has 4 heterocycles. The van der Waals surface area contributed by atoms with E-state index in [0.29, 0.717) is 6.07 Å². The summed E-state index contributed by atoms with van der Waals surface area (Å²) in [6.07, 6.45) is -6.22.